The summed E-state index contributed by atoms with van der Waals surface area (Å²) in [6.45, 7) is 0. The molecule has 0 aliphatic carbocycles. The minimum atomic E-state index is -0.424. The third-order valence-electron chi connectivity index (χ3n) is 2.68. The molecule has 2 aromatic carbocycles. The zero-order valence-corrected chi connectivity index (χ0v) is 12.7. The Balaban J connectivity index is 2.01. The van der Waals surface area contributed by atoms with E-state index in [-0.39, 0.29) is 11.5 Å². The van der Waals surface area contributed by atoms with Crippen LogP contribution in [-0.4, -0.2) is 19.2 Å². The Morgan fingerprint density at radius 1 is 1.29 bits per heavy atom. The number of hydrazone groups is 1. The van der Waals surface area contributed by atoms with Crippen LogP contribution < -0.4 is 10.2 Å². The monoisotopic (exact) mass is 350 g/mol. The number of amides is 1. The molecule has 2 aromatic rings. The Morgan fingerprint density at radius 3 is 2.62 bits per heavy atom. The van der Waals surface area contributed by atoms with Crippen molar-refractivity contribution in [3.8, 4) is 5.75 Å². The van der Waals surface area contributed by atoms with Crippen LogP contribution in [-0.2, 0) is 0 Å². The van der Waals surface area contributed by atoms with Crippen molar-refractivity contribution in [2.24, 2.45) is 5.10 Å². The molecule has 0 atom stereocenters. The van der Waals surface area contributed by atoms with Crippen molar-refractivity contribution in [1.29, 1.82) is 0 Å². The highest BCUT2D eigenvalue weighted by molar-refractivity contribution is 9.10. The molecule has 0 saturated heterocycles. The number of carbonyl (C=O) groups is 1. The molecule has 0 unspecified atom stereocenters. The molecule has 4 nitrogen and oxygen atoms in total. The number of nitrogens with zero attached hydrogens (tertiary/aromatic N) is 1. The zero-order chi connectivity index (χ0) is 15.2. The largest absolute Gasteiger partial charge is 0.497 e. The quantitative estimate of drug-likeness (QED) is 0.678. The molecular formula is C15H12BrFN2O2. The van der Waals surface area contributed by atoms with Crippen LogP contribution in [0.3, 0.4) is 0 Å². The van der Waals surface area contributed by atoms with Crippen LogP contribution in [0.2, 0.25) is 0 Å². The van der Waals surface area contributed by atoms with Gasteiger partial charge in [-0.2, -0.15) is 5.10 Å². The minimum absolute atomic E-state index is 0.285. The van der Waals surface area contributed by atoms with Gasteiger partial charge in [0.05, 0.1) is 13.3 Å². The van der Waals surface area contributed by atoms with E-state index < -0.39 is 5.82 Å². The lowest BCUT2D eigenvalue weighted by atomic mass is 10.2. The van der Waals surface area contributed by atoms with Gasteiger partial charge in [-0.3, -0.25) is 4.79 Å². The van der Waals surface area contributed by atoms with Crippen molar-refractivity contribution in [2.75, 3.05) is 7.11 Å². The molecule has 1 amide bonds. The van der Waals surface area contributed by atoms with Gasteiger partial charge in [0.1, 0.15) is 11.6 Å². The number of nitrogens with one attached hydrogen (secondary N) is 1. The Morgan fingerprint density at radius 2 is 2.00 bits per heavy atom. The van der Waals surface area contributed by atoms with Crippen LogP contribution in [0, 0.1) is 5.82 Å². The summed E-state index contributed by atoms with van der Waals surface area (Å²) in [5.41, 5.74) is 3.06. The smallest absolute Gasteiger partial charge is 0.271 e. The molecule has 0 spiro atoms. The van der Waals surface area contributed by atoms with E-state index in [0.717, 1.165) is 0 Å². The number of carbonyl (C=O) groups excluding carboxylic acids is 1. The van der Waals surface area contributed by atoms with Crippen molar-refractivity contribution in [3.05, 3.63) is 63.9 Å². The lowest BCUT2D eigenvalue weighted by Gasteiger charge is -2.02. The highest BCUT2D eigenvalue weighted by Crippen LogP contribution is 2.14. The fraction of sp³-hybridized carbons (Fsp3) is 0.0667. The van der Waals surface area contributed by atoms with Gasteiger partial charge in [-0.15, -0.1) is 0 Å². The van der Waals surface area contributed by atoms with E-state index in [1.807, 2.05) is 0 Å². The van der Waals surface area contributed by atoms with Gasteiger partial charge in [-0.25, -0.2) is 9.82 Å². The van der Waals surface area contributed by atoms with Crippen molar-refractivity contribution >= 4 is 28.1 Å². The van der Waals surface area contributed by atoms with Crippen LogP contribution in [0.15, 0.2) is 52.0 Å². The molecule has 2 rings (SSSR count). The van der Waals surface area contributed by atoms with Gasteiger partial charge >= 0.3 is 0 Å². The highest BCUT2D eigenvalue weighted by Gasteiger charge is 2.04. The molecule has 0 fully saturated rings. The van der Waals surface area contributed by atoms with Gasteiger partial charge in [0.25, 0.3) is 5.91 Å². The summed E-state index contributed by atoms with van der Waals surface area (Å²) in [5.74, 6) is -0.148. The number of benzene rings is 2. The Kier molecular flexibility index (Phi) is 5.05. The van der Waals surface area contributed by atoms with E-state index in [4.69, 9.17) is 4.74 Å². The molecule has 0 aliphatic heterocycles. The third-order valence-corrected chi connectivity index (χ3v) is 3.18. The third kappa shape index (κ3) is 4.13. The standard InChI is InChI=1S/C15H12BrFN2O2/c1-21-13-6-3-10(4-7-13)15(20)19-18-9-11-2-5-12(16)8-14(11)17/h2-9H,1H3,(H,19,20)/b18-9-. The molecule has 1 N–H and O–H groups in total. The first-order chi connectivity index (χ1) is 10.1. The molecule has 21 heavy (non-hydrogen) atoms. The fourth-order valence-corrected chi connectivity index (χ4v) is 1.91. The first-order valence-corrected chi connectivity index (χ1v) is 6.82. The van der Waals surface area contributed by atoms with Gasteiger partial charge < -0.3 is 4.74 Å². The van der Waals surface area contributed by atoms with Crippen LogP contribution in [0.1, 0.15) is 15.9 Å². The van der Waals surface area contributed by atoms with Gasteiger partial charge in [-0.05, 0) is 42.5 Å². The average molecular weight is 351 g/mol. The summed E-state index contributed by atoms with van der Waals surface area (Å²) >= 11 is 3.17. The number of hydrogen-bond donors (Lipinski definition) is 1. The van der Waals surface area contributed by atoms with E-state index in [9.17, 15) is 9.18 Å². The second-order valence-electron chi connectivity index (χ2n) is 4.09. The number of halogens is 2. The fourth-order valence-electron chi connectivity index (χ4n) is 1.57. The maximum Gasteiger partial charge on any atom is 0.271 e. The molecule has 0 saturated carbocycles. The van der Waals surface area contributed by atoms with Crippen molar-refractivity contribution < 1.29 is 13.9 Å². The van der Waals surface area contributed by atoms with Gasteiger partial charge in [-0.1, -0.05) is 15.9 Å². The van der Waals surface area contributed by atoms with Gasteiger partial charge in [0.2, 0.25) is 0 Å². The topological polar surface area (TPSA) is 50.7 Å². The number of methoxy groups -OCH3 is 1. The van der Waals surface area contributed by atoms with Gasteiger partial charge in [0, 0.05) is 15.6 Å². The molecule has 0 bridgehead atoms. The molecule has 108 valence electrons. The van der Waals surface area contributed by atoms with E-state index >= 15 is 0 Å². The normalized spacial score (nSPS) is 10.6. The number of rotatable bonds is 4. The summed E-state index contributed by atoms with van der Waals surface area (Å²) in [5, 5.41) is 3.74. The molecule has 0 aromatic heterocycles. The summed E-state index contributed by atoms with van der Waals surface area (Å²) in [4.78, 5) is 11.8. The maximum absolute atomic E-state index is 13.5. The van der Waals surface area contributed by atoms with Crippen LogP contribution in [0.25, 0.3) is 0 Å². The highest BCUT2D eigenvalue weighted by atomic mass is 79.9. The Labute approximate surface area is 129 Å². The SMILES string of the molecule is COc1ccc(C(=O)N/N=C\c2ccc(Br)cc2F)cc1. The first kappa shape index (κ1) is 15.2. The molecule has 6 heteroatoms. The number of ether oxygens (including phenoxy) is 1. The van der Waals surface area contributed by atoms with Crippen molar-refractivity contribution in [1.82, 2.24) is 5.43 Å². The minimum Gasteiger partial charge on any atom is -0.497 e. The van der Waals surface area contributed by atoms with E-state index in [1.165, 1.54) is 12.3 Å². The van der Waals surface area contributed by atoms with E-state index in [0.29, 0.717) is 15.8 Å². The lowest BCUT2D eigenvalue weighted by Crippen LogP contribution is -2.17. The zero-order valence-electron chi connectivity index (χ0n) is 11.1. The molecule has 0 heterocycles. The van der Waals surface area contributed by atoms with Crippen LogP contribution >= 0.6 is 15.9 Å². The summed E-state index contributed by atoms with van der Waals surface area (Å²) in [6, 6.07) is 11.2. The first-order valence-electron chi connectivity index (χ1n) is 6.02. The Hall–Kier alpha value is -2.21. The predicted molar refractivity (Wildman–Crippen MR) is 82.2 cm³/mol. The summed E-state index contributed by atoms with van der Waals surface area (Å²) in [6.07, 6.45) is 1.25. The van der Waals surface area contributed by atoms with Crippen LogP contribution in [0.4, 0.5) is 4.39 Å². The summed E-state index contributed by atoms with van der Waals surface area (Å²) in [7, 11) is 1.55. The van der Waals surface area contributed by atoms with Gasteiger partial charge in [0.15, 0.2) is 0 Å². The average Bonchev–Trinajstić information content (AvgIpc) is 2.49. The van der Waals surface area contributed by atoms with Crippen LogP contribution in [0.5, 0.6) is 5.75 Å². The molecule has 0 aliphatic rings. The van der Waals surface area contributed by atoms with E-state index in [1.54, 1.807) is 43.5 Å². The van der Waals surface area contributed by atoms with Crippen molar-refractivity contribution in [3.63, 3.8) is 0 Å². The Bertz CT molecular complexity index is 672. The van der Waals surface area contributed by atoms with E-state index in [2.05, 4.69) is 26.5 Å². The maximum atomic E-state index is 13.5. The molecule has 0 radical (unpaired) electrons. The summed E-state index contributed by atoms with van der Waals surface area (Å²) < 4.78 is 19.2. The second kappa shape index (κ2) is 6.99. The second-order valence-corrected chi connectivity index (χ2v) is 5.01. The molecular weight excluding hydrogens is 339 g/mol. The predicted octanol–water partition coefficient (Wildman–Crippen LogP) is 3.36. The lowest BCUT2D eigenvalue weighted by molar-refractivity contribution is 0.0955. The number of hydrogen-bond acceptors (Lipinski definition) is 3. The van der Waals surface area contributed by atoms with Crippen molar-refractivity contribution in [2.45, 2.75) is 0 Å².